The van der Waals surface area contributed by atoms with Crippen LogP contribution in [0.5, 0.6) is 5.75 Å². The van der Waals surface area contributed by atoms with Gasteiger partial charge in [-0.1, -0.05) is 6.07 Å². The number of rotatable bonds is 3. The van der Waals surface area contributed by atoms with E-state index in [0.717, 1.165) is 5.56 Å². The highest BCUT2D eigenvalue weighted by Gasteiger charge is 2.19. The third-order valence-corrected chi connectivity index (χ3v) is 2.42. The summed E-state index contributed by atoms with van der Waals surface area (Å²) in [5, 5.41) is 0. The van der Waals surface area contributed by atoms with Crippen molar-refractivity contribution in [2.24, 2.45) is 10.1 Å². The molecule has 0 unspecified atom stereocenters. The smallest absolute Gasteiger partial charge is 0.316 e. The molecule has 0 fully saturated rings. The summed E-state index contributed by atoms with van der Waals surface area (Å²) in [5.41, 5.74) is 6.51. The molecule has 0 aromatic heterocycles. The number of nitrogens with two attached hydrogens (primary N) is 1. The molecule has 16 heavy (non-hydrogen) atoms. The van der Waals surface area contributed by atoms with E-state index in [4.69, 9.17) is 10.5 Å². The van der Waals surface area contributed by atoms with Crippen LogP contribution in [0.25, 0.3) is 0 Å². The molecule has 0 aliphatic heterocycles. The molecule has 0 aliphatic rings. The maximum atomic E-state index is 10.4. The molecule has 0 aliphatic carbocycles. The third-order valence-electron chi connectivity index (χ3n) is 2.06. The number of methoxy groups -OCH3 is 1. The van der Waals surface area contributed by atoms with Gasteiger partial charge >= 0.3 is 10.5 Å². The molecular formula is C10H14N2O3S. The molecule has 0 heterocycles. The first-order valence-electron chi connectivity index (χ1n) is 4.63. The minimum Gasteiger partial charge on any atom is -0.496 e. The Bertz CT molecular complexity index is 507. The maximum Gasteiger partial charge on any atom is 0.316 e. The van der Waals surface area contributed by atoms with Gasteiger partial charge in [-0.25, -0.2) is 0 Å². The van der Waals surface area contributed by atoms with Gasteiger partial charge in [-0.2, -0.15) is 8.42 Å². The first-order chi connectivity index (χ1) is 7.34. The van der Waals surface area contributed by atoms with E-state index in [1.54, 1.807) is 18.2 Å². The van der Waals surface area contributed by atoms with Crippen molar-refractivity contribution in [3.8, 4) is 5.75 Å². The molecular weight excluding hydrogens is 228 g/mol. The Labute approximate surface area is 95.9 Å². The zero-order valence-corrected chi connectivity index (χ0v) is 10.2. The fourth-order valence-electron chi connectivity index (χ4n) is 1.36. The van der Waals surface area contributed by atoms with E-state index in [9.17, 15) is 8.42 Å². The number of ether oxygens (including phenoxy) is 1. The Morgan fingerprint density at radius 2 is 2.00 bits per heavy atom. The van der Waals surface area contributed by atoms with Gasteiger partial charge in [0, 0.05) is 17.2 Å². The van der Waals surface area contributed by atoms with E-state index in [2.05, 4.69) is 4.36 Å². The lowest BCUT2D eigenvalue weighted by molar-refractivity contribution is 0.395. The lowest BCUT2D eigenvalue weighted by Gasteiger charge is -2.21. The molecule has 0 atom stereocenters. The summed E-state index contributed by atoms with van der Waals surface area (Å²) in [6.07, 6.45) is 0. The molecule has 0 radical (unpaired) electrons. The van der Waals surface area contributed by atoms with Gasteiger partial charge in [-0.3, -0.25) is 0 Å². The summed E-state index contributed by atoms with van der Waals surface area (Å²) in [7, 11) is -0.964. The van der Waals surface area contributed by atoms with Gasteiger partial charge in [-0.05, 0) is 19.9 Å². The van der Waals surface area contributed by atoms with Crippen LogP contribution in [0.3, 0.4) is 0 Å². The highest BCUT2D eigenvalue weighted by Crippen LogP contribution is 2.31. The Morgan fingerprint density at radius 1 is 1.38 bits per heavy atom. The second-order valence-electron chi connectivity index (χ2n) is 3.91. The molecule has 1 aromatic rings. The van der Waals surface area contributed by atoms with Crippen LogP contribution in [-0.4, -0.2) is 15.5 Å². The highest BCUT2D eigenvalue weighted by atomic mass is 32.2. The van der Waals surface area contributed by atoms with Crippen LogP contribution in [-0.2, 0) is 16.0 Å². The van der Waals surface area contributed by atoms with E-state index >= 15 is 0 Å². The van der Waals surface area contributed by atoms with Crippen molar-refractivity contribution in [1.82, 2.24) is 0 Å². The third kappa shape index (κ3) is 3.04. The number of hydrogen-bond acceptors (Lipinski definition) is 5. The zero-order valence-electron chi connectivity index (χ0n) is 9.39. The van der Waals surface area contributed by atoms with E-state index in [1.807, 2.05) is 13.8 Å². The standard InChI is InChI=1S/C10H14N2O3S/c1-10(2,11)8-5-4-7(12-16(13)14)6-9(8)15-3/h4-6H,11H2,1-3H3. The largest absolute Gasteiger partial charge is 0.496 e. The monoisotopic (exact) mass is 242 g/mol. The topological polar surface area (TPSA) is 81.8 Å². The van der Waals surface area contributed by atoms with E-state index in [0.29, 0.717) is 11.4 Å². The zero-order chi connectivity index (χ0) is 12.3. The molecule has 0 amide bonds. The molecule has 0 bridgehead atoms. The molecule has 2 N–H and O–H groups in total. The molecule has 0 spiro atoms. The van der Waals surface area contributed by atoms with Crippen LogP contribution in [0, 0.1) is 0 Å². The van der Waals surface area contributed by atoms with Crippen molar-refractivity contribution >= 4 is 16.2 Å². The molecule has 0 saturated heterocycles. The first-order valence-corrected chi connectivity index (χ1v) is 5.66. The van der Waals surface area contributed by atoms with Crippen LogP contribution in [0.1, 0.15) is 19.4 Å². The molecule has 0 saturated carbocycles. The summed E-state index contributed by atoms with van der Waals surface area (Å²) in [5.74, 6) is 0.527. The van der Waals surface area contributed by atoms with Crippen LogP contribution in [0.15, 0.2) is 22.6 Å². The molecule has 88 valence electrons. The van der Waals surface area contributed by atoms with Gasteiger partial charge in [0.25, 0.3) is 0 Å². The summed E-state index contributed by atoms with van der Waals surface area (Å²) in [6, 6.07) is 4.84. The molecule has 1 rings (SSSR count). The summed E-state index contributed by atoms with van der Waals surface area (Å²) in [4.78, 5) is 0. The SMILES string of the molecule is COc1cc(N=S(=O)=O)ccc1C(C)(C)N. The van der Waals surface area contributed by atoms with Crippen LogP contribution >= 0.6 is 0 Å². The van der Waals surface area contributed by atoms with Crippen molar-refractivity contribution in [3.05, 3.63) is 23.8 Å². The Morgan fingerprint density at radius 3 is 2.44 bits per heavy atom. The maximum absolute atomic E-state index is 10.4. The molecule has 1 aromatic carbocycles. The lowest BCUT2D eigenvalue weighted by atomic mass is 9.94. The second kappa shape index (κ2) is 4.63. The minimum atomic E-state index is -2.47. The number of nitrogens with zero attached hydrogens (tertiary/aromatic N) is 1. The first kappa shape index (κ1) is 12.7. The van der Waals surface area contributed by atoms with Crippen molar-refractivity contribution in [3.63, 3.8) is 0 Å². The van der Waals surface area contributed by atoms with Crippen molar-refractivity contribution in [1.29, 1.82) is 0 Å². The van der Waals surface area contributed by atoms with Gasteiger partial charge < -0.3 is 10.5 Å². The average molecular weight is 242 g/mol. The fraction of sp³-hybridized carbons (Fsp3) is 0.400. The van der Waals surface area contributed by atoms with Crippen molar-refractivity contribution < 1.29 is 13.2 Å². The fourth-order valence-corrected chi connectivity index (χ4v) is 1.64. The Hall–Kier alpha value is -1.40. The van der Waals surface area contributed by atoms with E-state index in [1.165, 1.54) is 7.11 Å². The Balaban J connectivity index is 3.33. The summed E-state index contributed by atoms with van der Waals surface area (Å²) < 4.78 is 29.4. The molecule has 6 heteroatoms. The van der Waals surface area contributed by atoms with Crippen molar-refractivity contribution in [2.45, 2.75) is 19.4 Å². The van der Waals surface area contributed by atoms with Crippen LogP contribution in [0.4, 0.5) is 5.69 Å². The van der Waals surface area contributed by atoms with Gasteiger partial charge in [0.1, 0.15) is 5.75 Å². The second-order valence-corrected chi connectivity index (χ2v) is 4.53. The lowest BCUT2D eigenvalue weighted by Crippen LogP contribution is -2.29. The van der Waals surface area contributed by atoms with Crippen LogP contribution in [0.2, 0.25) is 0 Å². The predicted octanol–water partition coefficient (Wildman–Crippen LogP) is 1.58. The normalized spacial score (nSPS) is 11.0. The van der Waals surface area contributed by atoms with Crippen molar-refractivity contribution in [2.75, 3.05) is 7.11 Å². The van der Waals surface area contributed by atoms with E-state index < -0.39 is 16.0 Å². The van der Waals surface area contributed by atoms with Gasteiger partial charge in [-0.15, -0.1) is 4.36 Å². The quantitative estimate of drug-likeness (QED) is 0.872. The predicted molar refractivity (Wildman–Crippen MR) is 61.2 cm³/mol. The number of benzene rings is 1. The molecule has 5 nitrogen and oxygen atoms in total. The highest BCUT2D eigenvalue weighted by molar-refractivity contribution is 7.61. The minimum absolute atomic E-state index is 0.318. The van der Waals surface area contributed by atoms with E-state index in [-0.39, 0.29) is 0 Å². The summed E-state index contributed by atoms with van der Waals surface area (Å²) >= 11 is 0. The van der Waals surface area contributed by atoms with Gasteiger partial charge in [0.05, 0.1) is 12.8 Å². The van der Waals surface area contributed by atoms with Gasteiger partial charge in [0.2, 0.25) is 0 Å². The number of hydrogen-bond donors (Lipinski definition) is 1. The van der Waals surface area contributed by atoms with Gasteiger partial charge in [0.15, 0.2) is 0 Å². The van der Waals surface area contributed by atoms with Crippen LogP contribution < -0.4 is 10.5 Å². The average Bonchev–Trinajstić information content (AvgIpc) is 2.14. The summed E-state index contributed by atoms with van der Waals surface area (Å²) in [6.45, 7) is 3.68. The Kier molecular flexibility index (Phi) is 3.66.